The van der Waals surface area contributed by atoms with Crippen LogP contribution in [0.15, 0.2) is 0 Å². The molecule has 0 fully saturated rings. The molecule has 3 nitrogen and oxygen atoms in total. The van der Waals surface area contributed by atoms with Gasteiger partial charge in [-0.15, -0.1) is 5.92 Å². The summed E-state index contributed by atoms with van der Waals surface area (Å²) in [5.41, 5.74) is 0. The van der Waals surface area contributed by atoms with E-state index in [1.54, 1.807) is 0 Å². The lowest BCUT2D eigenvalue weighted by molar-refractivity contribution is -0.136. The fourth-order valence-corrected chi connectivity index (χ4v) is 1.69. The monoisotopic (exact) mass is 209 g/mol. The number of carbonyl (C=O) groups is 1. The Morgan fingerprint density at radius 1 is 1.33 bits per heavy atom. The Labute approximate surface area is 91.3 Å². The fourth-order valence-electron chi connectivity index (χ4n) is 1.69. The van der Waals surface area contributed by atoms with Crippen molar-refractivity contribution in [3.05, 3.63) is 0 Å². The molecule has 1 atom stereocenters. The number of hydrogen-bond donors (Lipinski definition) is 2. The first kappa shape index (κ1) is 12.1. The van der Waals surface area contributed by atoms with Gasteiger partial charge in [-0.05, 0) is 12.8 Å². The molecule has 1 unspecified atom stereocenters. The molecule has 0 amide bonds. The first-order chi connectivity index (χ1) is 7.29. The lowest BCUT2D eigenvalue weighted by atomic mass is 10.1. The van der Waals surface area contributed by atoms with E-state index in [0.29, 0.717) is 6.54 Å². The molecule has 0 spiro atoms. The van der Waals surface area contributed by atoms with Crippen LogP contribution in [0.1, 0.15) is 44.9 Å². The maximum Gasteiger partial charge on any atom is 0.304 e. The molecule has 1 rings (SSSR count). The summed E-state index contributed by atoms with van der Waals surface area (Å²) in [4.78, 5) is 10.3. The number of carboxylic acid groups (broad SMARTS) is 1. The van der Waals surface area contributed by atoms with Gasteiger partial charge in [0, 0.05) is 13.0 Å². The molecule has 84 valence electrons. The van der Waals surface area contributed by atoms with Gasteiger partial charge in [0.25, 0.3) is 0 Å². The maximum atomic E-state index is 10.3. The van der Waals surface area contributed by atoms with Crippen LogP contribution < -0.4 is 5.32 Å². The average molecular weight is 209 g/mol. The normalized spacial score (nSPS) is 21.7. The molecule has 0 radical (unpaired) electrons. The average Bonchev–Trinajstić information content (AvgIpc) is 2.31. The van der Waals surface area contributed by atoms with Crippen LogP contribution in [-0.2, 0) is 4.79 Å². The second-order valence-electron chi connectivity index (χ2n) is 3.92. The van der Waals surface area contributed by atoms with Crippen LogP contribution in [0.5, 0.6) is 0 Å². The van der Waals surface area contributed by atoms with Gasteiger partial charge in [0.1, 0.15) is 0 Å². The van der Waals surface area contributed by atoms with Gasteiger partial charge in [-0.2, -0.15) is 0 Å². The first-order valence-electron chi connectivity index (χ1n) is 5.72. The van der Waals surface area contributed by atoms with E-state index in [0.717, 1.165) is 12.8 Å². The molecule has 15 heavy (non-hydrogen) atoms. The summed E-state index contributed by atoms with van der Waals surface area (Å²) in [6.07, 6.45) is 7.15. The van der Waals surface area contributed by atoms with Gasteiger partial charge < -0.3 is 10.4 Å². The summed E-state index contributed by atoms with van der Waals surface area (Å²) in [6, 6.07) is 0.197. The van der Waals surface area contributed by atoms with Crippen molar-refractivity contribution in [1.29, 1.82) is 0 Å². The quantitative estimate of drug-likeness (QED) is 0.694. The maximum absolute atomic E-state index is 10.3. The lowest BCUT2D eigenvalue weighted by Gasteiger charge is -2.11. The minimum atomic E-state index is -0.751. The van der Waals surface area contributed by atoms with Crippen molar-refractivity contribution < 1.29 is 9.90 Å². The summed E-state index contributed by atoms with van der Waals surface area (Å²) in [7, 11) is 0. The number of nitrogens with one attached hydrogen (secondary N) is 1. The Bertz CT molecular complexity index is 252. The standard InChI is InChI=1S/C12H19NO2/c14-12(15)9-10-13-11-7-5-3-1-2-4-6-8-11/h11,13H,1-5,7,9-10H2,(H,14,15). The summed E-state index contributed by atoms with van der Waals surface area (Å²) in [5, 5.41) is 11.7. The smallest absolute Gasteiger partial charge is 0.304 e. The molecule has 0 heterocycles. The highest BCUT2D eigenvalue weighted by molar-refractivity contribution is 5.66. The molecule has 1 aliphatic rings. The Balaban J connectivity index is 2.26. The van der Waals surface area contributed by atoms with Gasteiger partial charge in [0.05, 0.1) is 12.5 Å². The highest BCUT2D eigenvalue weighted by atomic mass is 16.4. The number of rotatable bonds is 4. The minimum absolute atomic E-state index is 0.179. The Morgan fingerprint density at radius 2 is 2.13 bits per heavy atom. The van der Waals surface area contributed by atoms with Crippen LogP contribution in [0.2, 0.25) is 0 Å². The van der Waals surface area contributed by atoms with E-state index in [4.69, 9.17) is 5.11 Å². The summed E-state index contributed by atoms with van der Waals surface area (Å²) >= 11 is 0. The van der Waals surface area contributed by atoms with Gasteiger partial charge in [-0.1, -0.05) is 25.2 Å². The third-order valence-electron chi connectivity index (χ3n) is 2.55. The van der Waals surface area contributed by atoms with Gasteiger partial charge in [0.15, 0.2) is 0 Å². The van der Waals surface area contributed by atoms with Crippen molar-refractivity contribution in [1.82, 2.24) is 5.32 Å². The van der Waals surface area contributed by atoms with Gasteiger partial charge in [-0.3, -0.25) is 4.79 Å². The van der Waals surface area contributed by atoms with Crippen molar-refractivity contribution in [3.8, 4) is 11.8 Å². The van der Waals surface area contributed by atoms with E-state index >= 15 is 0 Å². The fraction of sp³-hybridized carbons (Fsp3) is 0.750. The zero-order valence-corrected chi connectivity index (χ0v) is 9.09. The molecule has 0 aromatic rings. The van der Waals surface area contributed by atoms with Crippen LogP contribution in [0.25, 0.3) is 0 Å². The van der Waals surface area contributed by atoms with Crippen LogP contribution in [0, 0.1) is 11.8 Å². The van der Waals surface area contributed by atoms with Crippen molar-refractivity contribution in [2.45, 2.75) is 51.0 Å². The van der Waals surface area contributed by atoms with Crippen molar-refractivity contribution in [3.63, 3.8) is 0 Å². The number of carboxylic acids is 1. The highest BCUT2D eigenvalue weighted by Crippen LogP contribution is 2.09. The van der Waals surface area contributed by atoms with E-state index < -0.39 is 5.97 Å². The molecule has 0 aliphatic heterocycles. The molecular weight excluding hydrogens is 190 g/mol. The van der Waals surface area contributed by atoms with E-state index in [-0.39, 0.29) is 12.5 Å². The summed E-state index contributed by atoms with van der Waals surface area (Å²) in [6.45, 7) is 0.522. The molecule has 2 N–H and O–H groups in total. The molecule has 3 heteroatoms. The van der Waals surface area contributed by atoms with Crippen LogP contribution in [0.3, 0.4) is 0 Å². The molecule has 0 bridgehead atoms. The van der Waals surface area contributed by atoms with Crippen LogP contribution in [-0.4, -0.2) is 23.7 Å². The van der Waals surface area contributed by atoms with Crippen molar-refractivity contribution >= 4 is 5.97 Å². The third-order valence-corrected chi connectivity index (χ3v) is 2.55. The summed E-state index contributed by atoms with van der Waals surface area (Å²) in [5.74, 6) is 5.59. The molecular formula is C12H19NO2. The minimum Gasteiger partial charge on any atom is -0.481 e. The van der Waals surface area contributed by atoms with Crippen molar-refractivity contribution in [2.75, 3.05) is 6.54 Å². The zero-order chi connectivity index (χ0) is 10.9. The Hall–Kier alpha value is -1.01. The lowest BCUT2D eigenvalue weighted by Crippen LogP contribution is -2.29. The predicted octanol–water partition coefficient (Wildman–Crippen LogP) is 1.78. The highest BCUT2D eigenvalue weighted by Gasteiger charge is 2.06. The van der Waals surface area contributed by atoms with Gasteiger partial charge in [-0.25, -0.2) is 0 Å². The van der Waals surface area contributed by atoms with E-state index in [1.807, 2.05) is 0 Å². The van der Waals surface area contributed by atoms with Crippen molar-refractivity contribution in [2.24, 2.45) is 0 Å². The molecule has 1 aliphatic carbocycles. The second-order valence-corrected chi connectivity index (χ2v) is 3.92. The molecule has 0 aromatic heterocycles. The number of aliphatic carboxylic acids is 1. The largest absolute Gasteiger partial charge is 0.481 e. The van der Waals surface area contributed by atoms with Gasteiger partial charge in [0.2, 0.25) is 0 Å². The third kappa shape index (κ3) is 6.14. The SMILES string of the molecule is O=C(O)CCNC1C#CCCCCCC1. The Morgan fingerprint density at radius 3 is 2.93 bits per heavy atom. The molecule has 0 saturated heterocycles. The molecule has 0 aromatic carbocycles. The van der Waals surface area contributed by atoms with Crippen LogP contribution >= 0.6 is 0 Å². The molecule has 0 saturated carbocycles. The summed E-state index contributed by atoms with van der Waals surface area (Å²) < 4.78 is 0. The topological polar surface area (TPSA) is 49.3 Å². The predicted molar refractivity (Wildman–Crippen MR) is 59.5 cm³/mol. The van der Waals surface area contributed by atoms with E-state index in [2.05, 4.69) is 17.2 Å². The van der Waals surface area contributed by atoms with E-state index in [9.17, 15) is 4.79 Å². The first-order valence-corrected chi connectivity index (χ1v) is 5.72. The zero-order valence-electron chi connectivity index (χ0n) is 9.09. The number of hydrogen-bond acceptors (Lipinski definition) is 2. The second kappa shape index (κ2) is 7.30. The van der Waals surface area contributed by atoms with Crippen LogP contribution in [0.4, 0.5) is 0 Å². The van der Waals surface area contributed by atoms with E-state index in [1.165, 1.54) is 25.7 Å². The van der Waals surface area contributed by atoms with Gasteiger partial charge >= 0.3 is 5.97 Å². The Kier molecular flexibility index (Phi) is 5.87.